The lowest BCUT2D eigenvalue weighted by molar-refractivity contribution is 0.272. The maximum atomic E-state index is 5.43. The molecule has 0 saturated heterocycles. The van der Waals surface area contributed by atoms with E-state index in [1.54, 1.807) is 0 Å². The quantitative estimate of drug-likeness (QED) is 0.732. The molecule has 1 aliphatic heterocycles. The molecule has 0 bridgehead atoms. The largest absolute Gasteiger partial charge is 0.361 e. The summed E-state index contributed by atoms with van der Waals surface area (Å²) in [6.07, 6.45) is 1.99. The highest BCUT2D eigenvalue weighted by Gasteiger charge is 2.21. The van der Waals surface area contributed by atoms with Gasteiger partial charge in [-0.25, -0.2) is 4.68 Å². The highest BCUT2D eigenvalue weighted by atomic mass is 16.5. The van der Waals surface area contributed by atoms with Gasteiger partial charge in [-0.15, -0.1) is 5.10 Å². The Labute approximate surface area is 147 Å². The molecular formula is C19H23N5O. The van der Waals surface area contributed by atoms with Crippen LogP contribution in [-0.2, 0) is 31.6 Å². The Bertz CT molecular complexity index is 849. The van der Waals surface area contributed by atoms with Gasteiger partial charge >= 0.3 is 0 Å². The third kappa shape index (κ3) is 3.49. The van der Waals surface area contributed by atoms with Crippen molar-refractivity contribution in [1.82, 2.24) is 25.1 Å². The lowest BCUT2D eigenvalue weighted by Crippen LogP contribution is -2.15. The van der Waals surface area contributed by atoms with E-state index in [2.05, 4.69) is 65.4 Å². The van der Waals surface area contributed by atoms with Crippen LogP contribution in [-0.4, -0.2) is 25.1 Å². The van der Waals surface area contributed by atoms with Gasteiger partial charge in [0, 0.05) is 31.1 Å². The average Bonchev–Trinajstić information content (AvgIpc) is 3.26. The smallest absolute Gasteiger partial charge is 0.142 e. The third-order valence-corrected chi connectivity index (χ3v) is 4.50. The molecule has 130 valence electrons. The van der Waals surface area contributed by atoms with Crippen LogP contribution in [0.3, 0.4) is 0 Å². The lowest BCUT2D eigenvalue weighted by Gasteiger charge is -2.12. The minimum atomic E-state index is -0.0382. The summed E-state index contributed by atoms with van der Waals surface area (Å²) in [4.78, 5) is 2.38. The van der Waals surface area contributed by atoms with Gasteiger partial charge in [0.05, 0.1) is 18.4 Å². The van der Waals surface area contributed by atoms with Crippen molar-refractivity contribution in [3.8, 4) is 0 Å². The Balaban J connectivity index is 1.39. The molecule has 1 aliphatic rings. The van der Waals surface area contributed by atoms with E-state index in [4.69, 9.17) is 4.52 Å². The number of fused-ring (bicyclic) bond motifs is 1. The first-order chi connectivity index (χ1) is 12.0. The van der Waals surface area contributed by atoms with Crippen LogP contribution < -0.4 is 0 Å². The van der Waals surface area contributed by atoms with E-state index < -0.39 is 0 Å². The second kappa shape index (κ2) is 6.11. The minimum Gasteiger partial charge on any atom is -0.361 e. The molecule has 6 heteroatoms. The van der Waals surface area contributed by atoms with Crippen molar-refractivity contribution in [3.05, 3.63) is 64.8 Å². The Morgan fingerprint density at radius 1 is 1.04 bits per heavy atom. The van der Waals surface area contributed by atoms with Crippen molar-refractivity contribution >= 4 is 0 Å². The second-order valence-electron chi connectivity index (χ2n) is 7.75. The molecule has 6 nitrogen and oxygen atoms in total. The molecule has 25 heavy (non-hydrogen) atoms. The SMILES string of the molecule is CC(C)(C)c1cc(Cn2cc(CN3Cc4ccccc4C3)nn2)no1. The predicted octanol–water partition coefficient (Wildman–Crippen LogP) is 3.13. The molecule has 0 unspecified atom stereocenters. The van der Waals surface area contributed by atoms with Crippen molar-refractivity contribution in [2.24, 2.45) is 0 Å². The normalized spacial score (nSPS) is 14.8. The van der Waals surface area contributed by atoms with Gasteiger partial charge < -0.3 is 4.52 Å². The van der Waals surface area contributed by atoms with Crippen LogP contribution in [0.2, 0.25) is 0 Å². The molecule has 0 atom stereocenters. The van der Waals surface area contributed by atoms with Gasteiger partial charge in [0.25, 0.3) is 0 Å². The molecule has 3 heterocycles. The molecule has 0 aliphatic carbocycles. The zero-order chi connectivity index (χ0) is 17.4. The van der Waals surface area contributed by atoms with Crippen LogP contribution >= 0.6 is 0 Å². The summed E-state index contributed by atoms with van der Waals surface area (Å²) in [5.41, 5.74) is 4.63. The number of aromatic nitrogens is 4. The number of benzene rings is 1. The summed E-state index contributed by atoms with van der Waals surface area (Å²) in [6.45, 7) is 9.66. The van der Waals surface area contributed by atoms with Crippen molar-refractivity contribution in [3.63, 3.8) is 0 Å². The Morgan fingerprint density at radius 3 is 2.40 bits per heavy atom. The fraction of sp³-hybridized carbons (Fsp3) is 0.421. The van der Waals surface area contributed by atoms with Crippen LogP contribution in [0.1, 0.15) is 49.0 Å². The first-order valence-electron chi connectivity index (χ1n) is 8.61. The van der Waals surface area contributed by atoms with Crippen LogP contribution in [0.5, 0.6) is 0 Å². The standard InChI is InChI=1S/C19H23N5O/c1-19(2,3)18-8-16(21-25-18)12-24-13-17(20-22-24)11-23-9-14-6-4-5-7-15(14)10-23/h4-8,13H,9-12H2,1-3H3. The molecule has 0 spiro atoms. The minimum absolute atomic E-state index is 0.0382. The average molecular weight is 337 g/mol. The molecule has 0 N–H and O–H groups in total. The molecule has 0 saturated carbocycles. The van der Waals surface area contributed by atoms with E-state index in [0.717, 1.165) is 36.8 Å². The maximum Gasteiger partial charge on any atom is 0.142 e. The summed E-state index contributed by atoms with van der Waals surface area (Å²) in [5.74, 6) is 0.887. The van der Waals surface area contributed by atoms with Gasteiger partial charge in [0.15, 0.2) is 0 Å². The molecular weight excluding hydrogens is 314 g/mol. The van der Waals surface area contributed by atoms with Crippen LogP contribution in [0.15, 0.2) is 41.1 Å². The third-order valence-electron chi connectivity index (χ3n) is 4.50. The summed E-state index contributed by atoms with van der Waals surface area (Å²) in [7, 11) is 0. The van der Waals surface area contributed by atoms with Gasteiger partial charge in [-0.05, 0) is 11.1 Å². The fourth-order valence-electron chi connectivity index (χ4n) is 3.14. The van der Waals surface area contributed by atoms with E-state index in [-0.39, 0.29) is 5.41 Å². The highest BCUT2D eigenvalue weighted by Crippen LogP contribution is 2.24. The molecule has 1 aromatic carbocycles. The van der Waals surface area contributed by atoms with E-state index in [1.807, 2.05) is 16.9 Å². The van der Waals surface area contributed by atoms with Crippen molar-refractivity contribution in [1.29, 1.82) is 0 Å². The van der Waals surface area contributed by atoms with Gasteiger partial charge in [0.2, 0.25) is 0 Å². The van der Waals surface area contributed by atoms with Gasteiger partial charge in [-0.2, -0.15) is 0 Å². The number of hydrogen-bond donors (Lipinski definition) is 0. The monoisotopic (exact) mass is 337 g/mol. The Kier molecular flexibility index (Phi) is 3.92. The van der Waals surface area contributed by atoms with Crippen molar-refractivity contribution < 1.29 is 4.52 Å². The fourth-order valence-corrected chi connectivity index (χ4v) is 3.14. The Morgan fingerprint density at radius 2 is 1.76 bits per heavy atom. The van der Waals surface area contributed by atoms with Crippen molar-refractivity contribution in [2.75, 3.05) is 0 Å². The number of rotatable bonds is 4. The first kappa shape index (κ1) is 16.0. The molecule has 0 amide bonds. The second-order valence-corrected chi connectivity index (χ2v) is 7.75. The summed E-state index contributed by atoms with van der Waals surface area (Å²) < 4.78 is 7.25. The summed E-state index contributed by atoms with van der Waals surface area (Å²) in [5, 5.41) is 12.7. The molecule has 0 radical (unpaired) electrons. The molecule has 4 rings (SSSR count). The maximum absolute atomic E-state index is 5.43. The Hall–Kier alpha value is -2.47. The lowest BCUT2D eigenvalue weighted by atomic mass is 9.93. The van der Waals surface area contributed by atoms with E-state index in [9.17, 15) is 0 Å². The highest BCUT2D eigenvalue weighted by molar-refractivity contribution is 5.30. The zero-order valence-corrected chi connectivity index (χ0v) is 14.9. The molecule has 0 fully saturated rings. The van der Waals surface area contributed by atoms with E-state index >= 15 is 0 Å². The zero-order valence-electron chi connectivity index (χ0n) is 14.9. The topological polar surface area (TPSA) is 60.0 Å². The number of hydrogen-bond acceptors (Lipinski definition) is 5. The summed E-state index contributed by atoms with van der Waals surface area (Å²) >= 11 is 0. The van der Waals surface area contributed by atoms with E-state index in [1.165, 1.54) is 11.1 Å². The first-order valence-corrected chi connectivity index (χ1v) is 8.61. The van der Waals surface area contributed by atoms with Crippen LogP contribution in [0.25, 0.3) is 0 Å². The van der Waals surface area contributed by atoms with Crippen LogP contribution in [0.4, 0.5) is 0 Å². The molecule has 2 aromatic heterocycles. The van der Waals surface area contributed by atoms with E-state index in [0.29, 0.717) is 6.54 Å². The van der Waals surface area contributed by atoms with Gasteiger partial charge in [-0.3, -0.25) is 4.90 Å². The van der Waals surface area contributed by atoms with Gasteiger partial charge in [0.1, 0.15) is 11.5 Å². The van der Waals surface area contributed by atoms with Crippen LogP contribution in [0, 0.1) is 0 Å². The summed E-state index contributed by atoms with van der Waals surface area (Å²) in [6, 6.07) is 10.6. The predicted molar refractivity (Wildman–Crippen MR) is 93.7 cm³/mol. The number of nitrogens with zero attached hydrogens (tertiary/aromatic N) is 5. The van der Waals surface area contributed by atoms with Gasteiger partial charge in [-0.1, -0.05) is 55.4 Å². The molecule has 3 aromatic rings. The van der Waals surface area contributed by atoms with Crippen molar-refractivity contribution in [2.45, 2.75) is 52.4 Å².